The van der Waals surface area contributed by atoms with E-state index in [9.17, 15) is 0 Å². The van der Waals surface area contributed by atoms with Crippen LogP contribution < -0.4 is 0 Å². The second kappa shape index (κ2) is 3.72. The minimum Gasteiger partial charge on any atom is -0.356 e. The molecule has 0 radical (unpaired) electrons. The monoisotopic (exact) mass is 119 g/mol. The van der Waals surface area contributed by atoms with Gasteiger partial charge in [-0.2, -0.15) is 0 Å². The van der Waals surface area contributed by atoms with Crippen molar-refractivity contribution < 1.29 is 23.6 Å². The molecule has 0 aliphatic rings. The van der Waals surface area contributed by atoms with Gasteiger partial charge in [-0.1, -0.05) is 0 Å². The summed E-state index contributed by atoms with van der Waals surface area (Å²) in [5.74, 6) is 0. The molecule has 0 aromatic heterocycles. The zero-order valence-electron chi connectivity index (χ0n) is 3.03. The number of nitrogens with zero attached hydrogens (tertiary/aromatic N) is 1. The van der Waals surface area contributed by atoms with E-state index in [1.165, 1.54) is 0 Å². The van der Waals surface area contributed by atoms with Gasteiger partial charge in [-0.05, 0) is 0 Å². The van der Waals surface area contributed by atoms with E-state index in [1.807, 2.05) is 0 Å². The first kappa shape index (κ1) is 8.83. The average molecular weight is 119 g/mol. The van der Waals surface area contributed by atoms with Crippen molar-refractivity contribution in [3.8, 4) is 0 Å². The fourth-order valence-electron chi connectivity index (χ4n) is 0. The molecule has 0 aromatic carbocycles. The Labute approximate surface area is 39.9 Å². The molecule has 0 atom stereocenters. The summed E-state index contributed by atoms with van der Waals surface area (Å²) in [5, 5.41) is 14.8. The molecule has 0 aliphatic heterocycles. The molecule has 0 amide bonds. The standard InChI is InChI=1S/Fe.NO3/c;2-1(3)4/q;-1/p+1. The van der Waals surface area contributed by atoms with Crippen LogP contribution in [0.1, 0.15) is 1.43 Å². The van der Waals surface area contributed by atoms with Gasteiger partial charge in [0.15, 0.2) is 0 Å². The van der Waals surface area contributed by atoms with E-state index in [0.29, 0.717) is 0 Å². The van der Waals surface area contributed by atoms with Gasteiger partial charge in [0, 0.05) is 17.1 Å². The summed E-state index contributed by atoms with van der Waals surface area (Å²) in [7, 11) is 0. The molecular weight excluding hydrogens is 118 g/mol. The van der Waals surface area contributed by atoms with Crippen LogP contribution in [0.2, 0.25) is 0 Å². The summed E-state index contributed by atoms with van der Waals surface area (Å²) >= 11 is 0. The Balaban J connectivity index is -0.0000000450. The zero-order valence-corrected chi connectivity index (χ0v) is 3.13. The van der Waals surface area contributed by atoms with E-state index in [2.05, 4.69) is 0 Å². The van der Waals surface area contributed by atoms with Crippen LogP contribution >= 0.6 is 0 Å². The summed E-state index contributed by atoms with van der Waals surface area (Å²) in [6.45, 7) is 0. The number of hydrogen-bond acceptors (Lipinski definition) is 3. The fourth-order valence-corrected chi connectivity index (χ4v) is 0. The molecule has 0 aromatic rings. The van der Waals surface area contributed by atoms with Gasteiger partial charge in [0.1, 0.15) is 0 Å². The Morgan fingerprint density at radius 1 is 1.60 bits per heavy atom. The minimum absolute atomic E-state index is 0. The number of hydrogen-bond donors (Lipinski definition) is 0. The molecule has 0 N–H and O–H groups in total. The third-order valence-corrected chi connectivity index (χ3v) is 0. The summed E-state index contributed by atoms with van der Waals surface area (Å²) in [4.78, 5) is 8.25. The van der Waals surface area contributed by atoms with E-state index >= 15 is 0 Å². The van der Waals surface area contributed by atoms with Gasteiger partial charge in [0.25, 0.3) is 0 Å². The Morgan fingerprint density at radius 3 is 1.60 bits per heavy atom. The zero-order chi connectivity index (χ0) is 3.58. The molecule has 0 unspecified atom stereocenters. The summed E-state index contributed by atoms with van der Waals surface area (Å²) in [5.41, 5.74) is 0. The van der Waals surface area contributed by atoms with E-state index in [4.69, 9.17) is 15.3 Å². The molecular formula is HFeNO3. The van der Waals surface area contributed by atoms with Crippen LogP contribution in [0.15, 0.2) is 0 Å². The van der Waals surface area contributed by atoms with Gasteiger partial charge in [0.2, 0.25) is 0 Å². The summed E-state index contributed by atoms with van der Waals surface area (Å²) < 4.78 is 0. The van der Waals surface area contributed by atoms with Crippen molar-refractivity contribution in [1.82, 2.24) is 0 Å². The fraction of sp³-hybridized carbons (Fsp3) is 0. The average Bonchev–Trinajstić information content (AvgIpc) is 0.811. The Kier molecular flexibility index (Phi) is 6.57. The maximum atomic E-state index is 8.25. The van der Waals surface area contributed by atoms with Crippen LogP contribution in [0, 0.1) is 15.3 Å². The molecule has 0 bridgehead atoms. The predicted octanol–water partition coefficient (Wildman–Crippen LogP) is -0.129. The minimum atomic E-state index is -1.75. The SMILES string of the molecule is O=[N+]([O-])[O-].[Fe].[H+]. The smallest absolute Gasteiger partial charge is 0.356 e. The van der Waals surface area contributed by atoms with Crippen LogP contribution in [-0.2, 0) is 17.1 Å². The van der Waals surface area contributed by atoms with Gasteiger partial charge in [0.05, 0.1) is 5.09 Å². The van der Waals surface area contributed by atoms with Gasteiger partial charge in [-0.15, -0.1) is 0 Å². The molecule has 0 saturated heterocycles. The molecule has 0 saturated carbocycles. The first-order valence-corrected chi connectivity index (χ1v) is 0.548. The molecule has 0 spiro atoms. The molecule has 0 fully saturated rings. The summed E-state index contributed by atoms with van der Waals surface area (Å²) in [6.07, 6.45) is 0. The topological polar surface area (TPSA) is 66.2 Å². The normalized spacial score (nSPS) is 4.80. The summed E-state index contributed by atoms with van der Waals surface area (Å²) in [6, 6.07) is 0. The van der Waals surface area contributed by atoms with E-state index in [0.717, 1.165) is 0 Å². The van der Waals surface area contributed by atoms with E-state index < -0.39 is 5.09 Å². The molecule has 5 heavy (non-hydrogen) atoms. The van der Waals surface area contributed by atoms with Crippen LogP contribution in [0.4, 0.5) is 0 Å². The first-order chi connectivity index (χ1) is 1.73. The van der Waals surface area contributed by atoms with Gasteiger partial charge in [-0.25, -0.2) is 0 Å². The number of rotatable bonds is 0. The van der Waals surface area contributed by atoms with Crippen molar-refractivity contribution in [2.75, 3.05) is 0 Å². The Bertz CT molecular complexity index is 33.8. The van der Waals surface area contributed by atoms with Gasteiger partial charge in [-0.3, -0.25) is 0 Å². The van der Waals surface area contributed by atoms with Crippen LogP contribution in [0.25, 0.3) is 0 Å². The van der Waals surface area contributed by atoms with Crippen molar-refractivity contribution in [1.29, 1.82) is 0 Å². The van der Waals surface area contributed by atoms with Crippen molar-refractivity contribution in [3.63, 3.8) is 0 Å². The maximum absolute atomic E-state index is 8.25. The third kappa shape index (κ3) is 140. The second-order valence-electron chi connectivity index (χ2n) is 0.224. The van der Waals surface area contributed by atoms with E-state index in [-0.39, 0.29) is 18.5 Å². The Morgan fingerprint density at radius 2 is 1.60 bits per heavy atom. The molecule has 5 heteroatoms. The van der Waals surface area contributed by atoms with Crippen molar-refractivity contribution in [3.05, 3.63) is 15.3 Å². The quantitative estimate of drug-likeness (QED) is 0.253. The predicted molar refractivity (Wildman–Crippen MR) is 11.5 cm³/mol. The molecule has 0 rings (SSSR count). The third-order valence-electron chi connectivity index (χ3n) is 0. The first-order valence-electron chi connectivity index (χ1n) is 0.548. The molecule has 4 nitrogen and oxygen atoms in total. The van der Waals surface area contributed by atoms with Crippen molar-refractivity contribution in [2.45, 2.75) is 0 Å². The van der Waals surface area contributed by atoms with E-state index in [1.54, 1.807) is 0 Å². The van der Waals surface area contributed by atoms with Crippen molar-refractivity contribution in [2.24, 2.45) is 0 Å². The maximum Gasteiger partial charge on any atom is 1.00 e. The second-order valence-corrected chi connectivity index (χ2v) is 0.224. The Hall–Kier alpha value is -0.281. The largest absolute Gasteiger partial charge is 1.00 e. The molecule has 0 aliphatic carbocycles. The van der Waals surface area contributed by atoms with Crippen molar-refractivity contribution >= 4 is 0 Å². The van der Waals surface area contributed by atoms with Gasteiger partial charge < -0.3 is 15.3 Å². The van der Waals surface area contributed by atoms with Crippen LogP contribution in [0.3, 0.4) is 0 Å². The van der Waals surface area contributed by atoms with Crippen LogP contribution in [0.5, 0.6) is 0 Å². The molecule has 0 heterocycles. The molecule has 32 valence electrons. The van der Waals surface area contributed by atoms with Gasteiger partial charge >= 0.3 is 1.43 Å². The van der Waals surface area contributed by atoms with Crippen LogP contribution in [-0.4, -0.2) is 5.09 Å².